The van der Waals surface area contributed by atoms with Gasteiger partial charge in [-0.15, -0.1) is 11.6 Å². The molecule has 0 spiro atoms. The quantitative estimate of drug-likeness (QED) is 0.678. The molecule has 0 aliphatic rings. The lowest BCUT2D eigenvalue weighted by molar-refractivity contribution is 0.408. The summed E-state index contributed by atoms with van der Waals surface area (Å²) in [4.78, 5) is 8.73. The average molecular weight is 291 g/mol. The predicted molar refractivity (Wildman–Crippen MR) is 76.9 cm³/mol. The number of nitrogens with zero attached hydrogens (tertiary/aromatic N) is 4. The van der Waals surface area contributed by atoms with E-state index < -0.39 is 0 Å². The molecule has 0 saturated carbocycles. The van der Waals surface area contributed by atoms with Crippen LogP contribution in [0.3, 0.4) is 0 Å². The van der Waals surface area contributed by atoms with E-state index in [0.717, 1.165) is 29.8 Å². The van der Waals surface area contributed by atoms with Crippen LogP contribution in [0.15, 0.2) is 29.1 Å². The molecule has 0 N–H and O–H groups in total. The van der Waals surface area contributed by atoms with Crippen molar-refractivity contribution in [2.24, 2.45) is 0 Å². The zero-order valence-corrected chi connectivity index (χ0v) is 12.0. The molecule has 0 bridgehead atoms. The van der Waals surface area contributed by atoms with Gasteiger partial charge in [0, 0.05) is 25.3 Å². The number of hydrogen-bond acceptors (Lipinski definition) is 4. The van der Waals surface area contributed by atoms with E-state index >= 15 is 0 Å². The van der Waals surface area contributed by atoms with E-state index in [-0.39, 0.29) is 0 Å². The maximum Gasteiger partial charge on any atom is 0.213 e. The Kier molecular flexibility index (Phi) is 3.69. The fraction of sp³-hybridized carbons (Fsp3) is 0.357. The van der Waals surface area contributed by atoms with Gasteiger partial charge in [0.2, 0.25) is 6.39 Å². The first kappa shape index (κ1) is 13.1. The molecule has 3 rings (SSSR count). The van der Waals surface area contributed by atoms with Crippen LogP contribution in [0.1, 0.15) is 17.2 Å². The lowest BCUT2D eigenvalue weighted by Crippen LogP contribution is -2.07. The molecule has 0 aliphatic carbocycles. The fourth-order valence-electron chi connectivity index (χ4n) is 2.33. The second-order valence-corrected chi connectivity index (χ2v) is 5.09. The highest BCUT2D eigenvalue weighted by Crippen LogP contribution is 2.19. The van der Waals surface area contributed by atoms with Gasteiger partial charge in [-0.3, -0.25) is 0 Å². The highest BCUT2D eigenvalue weighted by atomic mass is 35.5. The van der Waals surface area contributed by atoms with Gasteiger partial charge in [-0.25, -0.2) is 4.98 Å². The van der Waals surface area contributed by atoms with Gasteiger partial charge < -0.3 is 9.09 Å². The van der Waals surface area contributed by atoms with E-state index in [1.165, 1.54) is 12.0 Å². The Balaban J connectivity index is 1.95. The summed E-state index contributed by atoms with van der Waals surface area (Å²) >= 11 is 5.87. The molecule has 5 nitrogen and oxygen atoms in total. The molecule has 0 saturated heterocycles. The normalized spacial score (nSPS) is 11.3. The van der Waals surface area contributed by atoms with Gasteiger partial charge >= 0.3 is 0 Å². The largest absolute Gasteiger partial charge is 0.343 e. The van der Waals surface area contributed by atoms with Crippen molar-refractivity contribution in [3.63, 3.8) is 0 Å². The minimum atomic E-state index is 0.560. The van der Waals surface area contributed by atoms with E-state index in [1.807, 2.05) is 0 Å². The van der Waals surface area contributed by atoms with Crippen molar-refractivity contribution in [3.8, 4) is 0 Å². The average Bonchev–Trinajstić information content (AvgIpc) is 3.04. The zero-order valence-electron chi connectivity index (χ0n) is 11.2. The highest BCUT2D eigenvalue weighted by molar-refractivity contribution is 6.17. The smallest absolute Gasteiger partial charge is 0.213 e. The van der Waals surface area contributed by atoms with Crippen LogP contribution >= 0.6 is 11.6 Å². The lowest BCUT2D eigenvalue weighted by atomic mass is 10.2. The van der Waals surface area contributed by atoms with E-state index in [0.29, 0.717) is 18.1 Å². The second-order valence-electron chi connectivity index (χ2n) is 4.71. The number of halogens is 1. The van der Waals surface area contributed by atoms with Gasteiger partial charge in [0.05, 0.1) is 11.0 Å². The van der Waals surface area contributed by atoms with Crippen LogP contribution in [-0.2, 0) is 19.4 Å². The van der Waals surface area contributed by atoms with Crippen molar-refractivity contribution in [3.05, 3.63) is 41.8 Å². The van der Waals surface area contributed by atoms with Gasteiger partial charge in [-0.2, -0.15) is 4.98 Å². The fourth-order valence-corrected chi connectivity index (χ4v) is 2.50. The van der Waals surface area contributed by atoms with Gasteiger partial charge in [-0.05, 0) is 24.6 Å². The molecule has 6 heteroatoms. The van der Waals surface area contributed by atoms with Crippen molar-refractivity contribution >= 4 is 22.6 Å². The van der Waals surface area contributed by atoms with Crippen LogP contribution < -0.4 is 0 Å². The van der Waals surface area contributed by atoms with Gasteiger partial charge in [-0.1, -0.05) is 11.2 Å². The summed E-state index contributed by atoms with van der Waals surface area (Å²) in [6.07, 6.45) is 2.82. The summed E-state index contributed by atoms with van der Waals surface area (Å²) < 4.78 is 6.95. The third kappa shape index (κ3) is 2.54. The number of rotatable bonds is 5. The first-order chi connectivity index (χ1) is 9.78. The molecule has 0 amide bonds. The summed E-state index contributed by atoms with van der Waals surface area (Å²) in [7, 11) is 0. The third-order valence-electron chi connectivity index (χ3n) is 3.27. The molecule has 0 unspecified atom stereocenters. The third-order valence-corrected chi connectivity index (χ3v) is 3.46. The Bertz CT molecular complexity index is 705. The first-order valence-electron chi connectivity index (χ1n) is 6.55. The second kappa shape index (κ2) is 5.63. The number of alkyl halides is 1. The van der Waals surface area contributed by atoms with Gasteiger partial charge in [0.1, 0.15) is 5.82 Å². The first-order valence-corrected chi connectivity index (χ1v) is 7.08. The van der Waals surface area contributed by atoms with Crippen LogP contribution in [0.5, 0.6) is 0 Å². The van der Waals surface area contributed by atoms with Crippen LogP contribution in [0.2, 0.25) is 0 Å². The molecular weight excluding hydrogens is 276 g/mol. The SMILES string of the molecule is Cc1ccc2c(c1)nc(CCCl)n2CCc1ncon1. The maximum absolute atomic E-state index is 5.87. The number of imidazole rings is 1. The number of hydrogen-bond donors (Lipinski definition) is 0. The maximum atomic E-state index is 5.87. The van der Waals surface area contributed by atoms with Crippen LogP contribution in [-0.4, -0.2) is 25.6 Å². The molecule has 0 fully saturated rings. The Labute approximate surface area is 121 Å². The van der Waals surface area contributed by atoms with E-state index in [1.54, 1.807) is 0 Å². The number of aromatic nitrogens is 4. The van der Waals surface area contributed by atoms with Crippen molar-refractivity contribution in [1.82, 2.24) is 19.7 Å². The van der Waals surface area contributed by atoms with Crippen LogP contribution in [0.4, 0.5) is 0 Å². The minimum absolute atomic E-state index is 0.560. The standard InChI is InChI=1S/C14H15ClN4O/c1-10-2-3-12-11(8-10)17-14(4-6-15)19(12)7-5-13-16-9-20-18-13/h2-3,8-9H,4-7H2,1H3. The van der Waals surface area contributed by atoms with Crippen molar-refractivity contribution < 1.29 is 4.52 Å². The number of fused-ring (bicyclic) bond motifs is 1. The molecule has 2 heterocycles. The Morgan fingerprint density at radius 2 is 2.20 bits per heavy atom. The topological polar surface area (TPSA) is 56.7 Å². The Hall–Kier alpha value is -1.88. The molecule has 20 heavy (non-hydrogen) atoms. The summed E-state index contributed by atoms with van der Waals surface area (Å²) in [6.45, 7) is 2.84. The van der Waals surface area contributed by atoms with E-state index in [2.05, 4.69) is 44.8 Å². The Morgan fingerprint density at radius 3 is 2.95 bits per heavy atom. The van der Waals surface area contributed by atoms with E-state index in [4.69, 9.17) is 16.1 Å². The highest BCUT2D eigenvalue weighted by Gasteiger charge is 2.11. The van der Waals surface area contributed by atoms with Crippen LogP contribution in [0, 0.1) is 6.92 Å². The molecule has 0 atom stereocenters. The summed E-state index contributed by atoms with van der Waals surface area (Å²) in [6, 6.07) is 6.29. The van der Waals surface area contributed by atoms with E-state index in [9.17, 15) is 0 Å². The molecular formula is C14H15ClN4O. The number of aryl methyl sites for hydroxylation is 4. The molecule has 104 valence electrons. The Morgan fingerprint density at radius 1 is 1.30 bits per heavy atom. The van der Waals surface area contributed by atoms with Crippen LogP contribution in [0.25, 0.3) is 11.0 Å². The van der Waals surface area contributed by atoms with Gasteiger partial charge in [0.15, 0.2) is 5.82 Å². The summed E-state index contributed by atoms with van der Waals surface area (Å²) in [5, 5.41) is 3.84. The molecule has 3 aromatic rings. The summed E-state index contributed by atoms with van der Waals surface area (Å²) in [5.41, 5.74) is 3.34. The molecule has 2 aromatic heterocycles. The number of benzene rings is 1. The van der Waals surface area contributed by atoms with Crippen molar-refractivity contribution in [2.75, 3.05) is 5.88 Å². The zero-order chi connectivity index (χ0) is 13.9. The molecule has 0 radical (unpaired) electrons. The van der Waals surface area contributed by atoms with Gasteiger partial charge in [0.25, 0.3) is 0 Å². The molecule has 0 aliphatic heterocycles. The molecule has 1 aromatic carbocycles. The predicted octanol–water partition coefficient (Wildman–Crippen LogP) is 2.75. The van der Waals surface area contributed by atoms with Crippen molar-refractivity contribution in [1.29, 1.82) is 0 Å². The lowest BCUT2D eigenvalue weighted by Gasteiger charge is -2.06. The summed E-state index contributed by atoms with van der Waals surface area (Å²) in [5.74, 6) is 2.27. The van der Waals surface area contributed by atoms with Crippen molar-refractivity contribution in [2.45, 2.75) is 26.3 Å². The monoisotopic (exact) mass is 290 g/mol. The minimum Gasteiger partial charge on any atom is -0.343 e.